The van der Waals surface area contributed by atoms with Crippen LogP contribution in [0.4, 0.5) is 0 Å². The molecule has 1 aromatic carbocycles. The van der Waals surface area contributed by atoms with Gasteiger partial charge in [0.25, 0.3) is 0 Å². The Labute approximate surface area is 145 Å². The highest BCUT2D eigenvalue weighted by atomic mass is 16.5. The molecule has 0 bridgehead atoms. The van der Waals surface area contributed by atoms with Gasteiger partial charge in [-0.1, -0.05) is 31.9 Å². The highest BCUT2D eigenvalue weighted by Gasteiger charge is 2.24. The third-order valence-electron chi connectivity index (χ3n) is 5.28. The monoisotopic (exact) mass is 327 g/mol. The fraction of sp³-hybridized carbons (Fsp3) is 0.550. The Morgan fingerprint density at radius 3 is 2.62 bits per heavy atom. The Morgan fingerprint density at radius 2 is 1.96 bits per heavy atom. The van der Waals surface area contributed by atoms with Crippen molar-refractivity contribution >= 4 is 0 Å². The van der Waals surface area contributed by atoms with E-state index in [0.717, 1.165) is 30.1 Å². The van der Waals surface area contributed by atoms with Crippen molar-refractivity contribution in [1.82, 2.24) is 14.5 Å². The molecule has 2 aromatic rings. The molecule has 0 aliphatic heterocycles. The molecule has 1 saturated carbocycles. The molecule has 0 N–H and O–H groups in total. The first-order valence-corrected chi connectivity index (χ1v) is 9.01. The Balaban J connectivity index is 1.53. The predicted octanol–water partition coefficient (Wildman–Crippen LogP) is 4.01. The van der Waals surface area contributed by atoms with Crippen molar-refractivity contribution in [3.8, 4) is 5.75 Å². The van der Waals surface area contributed by atoms with Gasteiger partial charge >= 0.3 is 0 Å². The zero-order chi connectivity index (χ0) is 16.9. The maximum absolute atomic E-state index is 5.83. The molecule has 130 valence electrons. The highest BCUT2D eigenvalue weighted by molar-refractivity contribution is 5.27. The Kier molecular flexibility index (Phi) is 5.56. The van der Waals surface area contributed by atoms with Crippen LogP contribution in [0.15, 0.2) is 36.7 Å². The van der Waals surface area contributed by atoms with Crippen LogP contribution in [0, 0.1) is 5.92 Å². The van der Waals surface area contributed by atoms with Crippen LogP contribution in [0.2, 0.25) is 0 Å². The second-order valence-corrected chi connectivity index (χ2v) is 7.13. The number of benzene rings is 1. The summed E-state index contributed by atoms with van der Waals surface area (Å²) in [4.78, 5) is 6.80. The van der Waals surface area contributed by atoms with E-state index in [-0.39, 0.29) is 0 Å². The quantitative estimate of drug-likeness (QED) is 0.803. The maximum Gasteiger partial charge on any atom is 0.146 e. The number of aryl methyl sites for hydroxylation is 1. The number of imidazole rings is 1. The minimum Gasteiger partial charge on any atom is -0.486 e. The highest BCUT2D eigenvalue weighted by Crippen LogP contribution is 2.28. The molecular formula is C20H29N3O. The molecule has 1 aromatic heterocycles. The SMILES string of the molecule is CC1CCCCC1N(C)Cc1ccc(OCc2nccn2C)cc1. The molecule has 1 aliphatic carbocycles. The third-order valence-corrected chi connectivity index (χ3v) is 5.28. The van der Waals surface area contributed by atoms with Gasteiger partial charge in [0.2, 0.25) is 0 Å². The molecule has 4 heteroatoms. The summed E-state index contributed by atoms with van der Waals surface area (Å²) in [6, 6.07) is 9.21. The molecule has 1 fully saturated rings. The lowest BCUT2D eigenvalue weighted by Gasteiger charge is -2.36. The first kappa shape index (κ1) is 17.0. The van der Waals surface area contributed by atoms with E-state index in [0.29, 0.717) is 6.61 Å². The zero-order valence-corrected chi connectivity index (χ0v) is 15.1. The summed E-state index contributed by atoms with van der Waals surface area (Å²) in [6.07, 6.45) is 9.21. The van der Waals surface area contributed by atoms with Crippen LogP contribution in [0.3, 0.4) is 0 Å². The van der Waals surface area contributed by atoms with Crippen molar-refractivity contribution in [2.75, 3.05) is 7.05 Å². The smallest absolute Gasteiger partial charge is 0.146 e. The van der Waals surface area contributed by atoms with Gasteiger partial charge in [-0.3, -0.25) is 4.90 Å². The van der Waals surface area contributed by atoms with Crippen LogP contribution < -0.4 is 4.74 Å². The summed E-state index contributed by atoms with van der Waals surface area (Å²) in [5.41, 5.74) is 1.35. The molecule has 24 heavy (non-hydrogen) atoms. The van der Waals surface area contributed by atoms with Crippen molar-refractivity contribution in [3.63, 3.8) is 0 Å². The van der Waals surface area contributed by atoms with E-state index in [2.05, 4.69) is 48.1 Å². The van der Waals surface area contributed by atoms with Crippen LogP contribution in [-0.2, 0) is 20.2 Å². The fourth-order valence-corrected chi connectivity index (χ4v) is 3.73. The number of nitrogens with zero attached hydrogens (tertiary/aromatic N) is 3. The number of hydrogen-bond donors (Lipinski definition) is 0. The van der Waals surface area contributed by atoms with Crippen LogP contribution in [-0.4, -0.2) is 27.5 Å². The van der Waals surface area contributed by atoms with E-state index >= 15 is 0 Å². The summed E-state index contributed by atoms with van der Waals surface area (Å²) < 4.78 is 7.81. The second-order valence-electron chi connectivity index (χ2n) is 7.13. The van der Waals surface area contributed by atoms with E-state index in [1.165, 1.54) is 31.2 Å². The topological polar surface area (TPSA) is 30.3 Å². The average molecular weight is 327 g/mol. The summed E-state index contributed by atoms with van der Waals surface area (Å²) >= 11 is 0. The Hall–Kier alpha value is -1.81. The number of aromatic nitrogens is 2. The number of ether oxygens (including phenoxy) is 1. The predicted molar refractivity (Wildman–Crippen MR) is 96.9 cm³/mol. The Morgan fingerprint density at radius 1 is 1.21 bits per heavy atom. The van der Waals surface area contributed by atoms with E-state index < -0.39 is 0 Å². The van der Waals surface area contributed by atoms with Crippen molar-refractivity contribution in [1.29, 1.82) is 0 Å². The first-order chi connectivity index (χ1) is 11.6. The molecule has 0 saturated heterocycles. The van der Waals surface area contributed by atoms with Gasteiger partial charge in [0.05, 0.1) is 0 Å². The molecule has 0 radical (unpaired) electrons. The van der Waals surface area contributed by atoms with Crippen LogP contribution in [0.5, 0.6) is 5.75 Å². The molecule has 2 atom stereocenters. The van der Waals surface area contributed by atoms with Crippen LogP contribution in [0.25, 0.3) is 0 Å². The maximum atomic E-state index is 5.83. The third kappa shape index (κ3) is 4.18. The standard InChI is InChI=1S/C20H29N3O/c1-16-6-4-5-7-19(16)23(3)14-17-8-10-18(11-9-17)24-15-20-21-12-13-22(20)2/h8-13,16,19H,4-7,14-15H2,1-3H3. The van der Waals surface area contributed by atoms with Crippen molar-refractivity contribution in [3.05, 3.63) is 48.0 Å². The van der Waals surface area contributed by atoms with Gasteiger partial charge in [-0.05, 0) is 43.5 Å². The van der Waals surface area contributed by atoms with E-state index in [9.17, 15) is 0 Å². The average Bonchev–Trinajstić information content (AvgIpc) is 2.99. The first-order valence-electron chi connectivity index (χ1n) is 9.01. The van der Waals surface area contributed by atoms with E-state index in [4.69, 9.17) is 4.74 Å². The zero-order valence-electron chi connectivity index (χ0n) is 15.1. The van der Waals surface area contributed by atoms with Gasteiger partial charge in [0.15, 0.2) is 0 Å². The van der Waals surface area contributed by atoms with E-state index in [1.54, 1.807) is 6.20 Å². The lowest BCUT2D eigenvalue weighted by Crippen LogP contribution is -2.38. The van der Waals surface area contributed by atoms with Crippen molar-refractivity contribution < 1.29 is 4.74 Å². The fourth-order valence-electron chi connectivity index (χ4n) is 3.73. The second kappa shape index (κ2) is 7.84. The Bertz CT molecular complexity index is 635. The number of hydrogen-bond acceptors (Lipinski definition) is 3. The summed E-state index contributed by atoms with van der Waals surface area (Å²) in [6.45, 7) is 3.91. The van der Waals surface area contributed by atoms with Crippen LogP contribution >= 0.6 is 0 Å². The molecule has 4 nitrogen and oxygen atoms in total. The lowest BCUT2D eigenvalue weighted by atomic mass is 9.85. The van der Waals surface area contributed by atoms with Crippen LogP contribution in [0.1, 0.15) is 44.0 Å². The van der Waals surface area contributed by atoms with Gasteiger partial charge in [-0.15, -0.1) is 0 Å². The molecular weight excluding hydrogens is 298 g/mol. The van der Waals surface area contributed by atoms with Crippen molar-refractivity contribution in [2.45, 2.75) is 51.8 Å². The molecule has 3 rings (SSSR count). The molecule has 0 amide bonds. The largest absolute Gasteiger partial charge is 0.486 e. The minimum atomic E-state index is 0.502. The van der Waals surface area contributed by atoms with Gasteiger partial charge < -0.3 is 9.30 Å². The van der Waals surface area contributed by atoms with Gasteiger partial charge in [0, 0.05) is 32.0 Å². The molecule has 1 aliphatic rings. The van der Waals surface area contributed by atoms with Crippen molar-refractivity contribution in [2.24, 2.45) is 13.0 Å². The lowest BCUT2D eigenvalue weighted by molar-refractivity contribution is 0.133. The summed E-state index contributed by atoms with van der Waals surface area (Å²) in [5, 5.41) is 0. The normalized spacial score (nSPS) is 21.2. The molecule has 0 spiro atoms. The summed E-state index contributed by atoms with van der Waals surface area (Å²) in [7, 11) is 4.24. The van der Waals surface area contributed by atoms with E-state index in [1.807, 2.05) is 17.8 Å². The summed E-state index contributed by atoms with van der Waals surface area (Å²) in [5.74, 6) is 2.64. The van der Waals surface area contributed by atoms with Gasteiger partial charge in [-0.2, -0.15) is 0 Å². The van der Waals surface area contributed by atoms with Gasteiger partial charge in [0.1, 0.15) is 18.2 Å². The number of rotatable bonds is 6. The molecule has 2 unspecified atom stereocenters. The molecule has 1 heterocycles. The van der Waals surface area contributed by atoms with Gasteiger partial charge in [-0.25, -0.2) is 4.98 Å². The minimum absolute atomic E-state index is 0.502.